The van der Waals surface area contributed by atoms with Crippen molar-refractivity contribution in [2.75, 3.05) is 6.61 Å². The molecule has 0 aliphatic heterocycles. The van der Waals surface area contributed by atoms with Crippen molar-refractivity contribution in [3.05, 3.63) is 0 Å². The fourth-order valence-corrected chi connectivity index (χ4v) is 0.918. The molecule has 1 N–H and O–H groups in total. The highest BCUT2D eigenvalue weighted by atomic mass is 16.5. The van der Waals surface area contributed by atoms with Crippen molar-refractivity contribution < 1.29 is 19.4 Å². The van der Waals surface area contributed by atoms with Gasteiger partial charge in [-0.3, -0.25) is 9.59 Å². The first kappa shape index (κ1) is 11.9. The first-order valence-corrected chi connectivity index (χ1v) is 4.37. The fraction of sp³-hybridized carbons (Fsp3) is 0.778. The number of carboxylic acids is 1. The van der Waals surface area contributed by atoms with Crippen LogP contribution in [-0.4, -0.2) is 23.7 Å². The fourth-order valence-electron chi connectivity index (χ4n) is 0.918. The SMILES string of the molecule is CC(=O)OCC[C@H](C)CCC(=O)O. The first-order valence-electron chi connectivity index (χ1n) is 4.37. The number of carbonyl (C=O) groups excluding carboxylic acids is 1. The van der Waals surface area contributed by atoms with E-state index < -0.39 is 5.97 Å². The Bertz CT molecular complexity index is 176. The van der Waals surface area contributed by atoms with Crippen LogP contribution in [0.5, 0.6) is 0 Å². The van der Waals surface area contributed by atoms with Crippen LogP contribution in [0.3, 0.4) is 0 Å². The number of rotatable bonds is 6. The van der Waals surface area contributed by atoms with E-state index in [0.717, 1.165) is 6.42 Å². The predicted octanol–water partition coefficient (Wildman–Crippen LogP) is 1.44. The van der Waals surface area contributed by atoms with Crippen LogP contribution < -0.4 is 0 Å². The molecule has 0 aromatic rings. The first-order chi connectivity index (χ1) is 6.02. The highest BCUT2D eigenvalue weighted by molar-refractivity contribution is 5.66. The third-order valence-electron chi connectivity index (χ3n) is 1.77. The lowest BCUT2D eigenvalue weighted by atomic mass is 10.0. The molecule has 0 spiro atoms. The van der Waals surface area contributed by atoms with Crippen molar-refractivity contribution in [3.8, 4) is 0 Å². The van der Waals surface area contributed by atoms with Crippen molar-refractivity contribution in [3.63, 3.8) is 0 Å². The second-order valence-electron chi connectivity index (χ2n) is 3.17. The minimum Gasteiger partial charge on any atom is -0.481 e. The smallest absolute Gasteiger partial charge is 0.303 e. The van der Waals surface area contributed by atoms with Crippen LogP contribution >= 0.6 is 0 Å². The van der Waals surface area contributed by atoms with Gasteiger partial charge in [-0.15, -0.1) is 0 Å². The van der Waals surface area contributed by atoms with Crippen LogP contribution in [0.1, 0.15) is 33.1 Å². The highest BCUT2D eigenvalue weighted by Gasteiger charge is 2.05. The molecule has 0 saturated carbocycles. The molecule has 4 nitrogen and oxygen atoms in total. The topological polar surface area (TPSA) is 63.6 Å². The minimum absolute atomic E-state index is 0.182. The molecule has 76 valence electrons. The summed E-state index contributed by atoms with van der Waals surface area (Å²) in [6.07, 6.45) is 1.55. The quantitative estimate of drug-likeness (QED) is 0.640. The van der Waals surface area contributed by atoms with Gasteiger partial charge in [0.2, 0.25) is 0 Å². The van der Waals surface area contributed by atoms with Gasteiger partial charge in [-0.05, 0) is 18.8 Å². The van der Waals surface area contributed by atoms with Gasteiger partial charge in [0, 0.05) is 13.3 Å². The Morgan fingerprint density at radius 1 is 1.38 bits per heavy atom. The lowest BCUT2D eigenvalue weighted by Crippen LogP contribution is -2.07. The summed E-state index contributed by atoms with van der Waals surface area (Å²) in [5.74, 6) is -0.778. The van der Waals surface area contributed by atoms with E-state index in [2.05, 4.69) is 0 Å². The van der Waals surface area contributed by atoms with Crippen molar-refractivity contribution in [2.24, 2.45) is 5.92 Å². The van der Waals surface area contributed by atoms with Gasteiger partial charge in [0.05, 0.1) is 6.61 Å². The normalized spacial score (nSPS) is 12.2. The molecule has 0 aliphatic rings. The maximum atomic E-state index is 10.4. The Hall–Kier alpha value is -1.06. The molecule has 0 aromatic heterocycles. The Morgan fingerprint density at radius 3 is 2.46 bits per heavy atom. The molecule has 0 aliphatic carbocycles. The molecular formula is C9H16O4. The number of carboxylic acid groups (broad SMARTS) is 1. The van der Waals surface area contributed by atoms with Gasteiger partial charge >= 0.3 is 11.9 Å². The van der Waals surface area contributed by atoms with Gasteiger partial charge in [0.1, 0.15) is 0 Å². The average Bonchev–Trinajstić information content (AvgIpc) is 2.00. The molecule has 0 saturated heterocycles. The monoisotopic (exact) mass is 188 g/mol. The molecule has 0 amide bonds. The summed E-state index contributed by atoms with van der Waals surface area (Å²) in [7, 11) is 0. The van der Waals surface area contributed by atoms with Crippen molar-refractivity contribution in [2.45, 2.75) is 33.1 Å². The van der Waals surface area contributed by atoms with Crippen LogP contribution in [-0.2, 0) is 14.3 Å². The second kappa shape index (κ2) is 6.46. The van der Waals surface area contributed by atoms with Crippen molar-refractivity contribution in [1.82, 2.24) is 0 Å². The molecule has 0 unspecified atom stereocenters. The summed E-state index contributed by atoms with van der Waals surface area (Å²) >= 11 is 0. The van der Waals surface area contributed by atoms with Gasteiger partial charge in [0.25, 0.3) is 0 Å². The molecule has 0 fully saturated rings. The lowest BCUT2D eigenvalue weighted by Gasteiger charge is -2.08. The Kier molecular flexibility index (Phi) is 5.93. The average molecular weight is 188 g/mol. The highest BCUT2D eigenvalue weighted by Crippen LogP contribution is 2.09. The second-order valence-corrected chi connectivity index (χ2v) is 3.17. The molecule has 0 bridgehead atoms. The zero-order chi connectivity index (χ0) is 10.3. The van der Waals surface area contributed by atoms with Crippen LogP contribution in [0.2, 0.25) is 0 Å². The molecule has 1 atom stereocenters. The number of esters is 1. The standard InChI is InChI=1S/C9H16O4/c1-7(3-4-9(11)12)5-6-13-8(2)10/h7H,3-6H2,1-2H3,(H,11,12)/t7-/m1/s1. The molecule has 0 rings (SSSR count). The Labute approximate surface area is 77.9 Å². The van der Waals surface area contributed by atoms with Gasteiger partial charge in [-0.2, -0.15) is 0 Å². The summed E-state index contributed by atoms with van der Waals surface area (Å²) in [4.78, 5) is 20.6. The lowest BCUT2D eigenvalue weighted by molar-refractivity contribution is -0.142. The van der Waals surface area contributed by atoms with E-state index in [0.29, 0.717) is 13.0 Å². The van der Waals surface area contributed by atoms with Crippen LogP contribution in [0.15, 0.2) is 0 Å². The number of ether oxygens (including phenoxy) is 1. The Morgan fingerprint density at radius 2 is 2.00 bits per heavy atom. The number of aliphatic carboxylic acids is 1. The van der Waals surface area contributed by atoms with Crippen LogP contribution in [0, 0.1) is 5.92 Å². The van der Waals surface area contributed by atoms with E-state index in [1.54, 1.807) is 0 Å². The minimum atomic E-state index is -0.778. The molecule has 4 heteroatoms. The van der Waals surface area contributed by atoms with E-state index in [-0.39, 0.29) is 18.3 Å². The number of carbonyl (C=O) groups is 2. The zero-order valence-corrected chi connectivity index (χ0v) is 8.08. The maximum absolute atomic E-state index is 10.4. The zero-order valence-electron chi connectivity index (χ0n) is 8.08. The Balaban J connectivity index is 3.35. The van der Waals surface area contributed by atoms with E-state index in [1.165, 1.54) is 6.92 Å². The van der Waals surface area contributed by atoms with E-state index in [4.69, 9.17) is 9.84 Å². The van der Waals surface area contributed by atoms with E-state index in [1.807, 2.05) is 6.92 Å². The number of hydrogen-bond donors (Lipinski definition) is 1. The van der Waals surface area contributed by atoms with E-state index >= 15 is 0 Å². The summed E-state index contributed by atoms with van der Waals surface area (Å²) in [6, 6.07) is 0. The van der Waals surface area contributed by atoms with Gasteiger partial charge in [-0.25, -0.2) is 0 Å². The molecule has 0 radical (unpaired) electrons. The van der Waals surface area contributed by atoms with Crippen LogP contribution in [0.25, 0.3) is 0 Å². The third kappa shape index (κ3) is 8.85. The summed E-state index contributed by atoms with van der Waals surface area (Å²) in [6.45, 7) is 3.70. The summed E-state index contributed by atoms with van der Waals surface area (Å²) in [5, 5.41) is 8.39. The van der Waals surface area contributed by atoms with Crippen molar-refractivity contribution in [1.29, 1.82) is 0 Å². The summed E-state index contributed by atoms with van der Waals surface area (Å²) < 4.78 is 4.73. The maximum Gasteiger partial charge on any atom is 0.303 e. The molecule has 13 heavy (non-hydrogen) atoms. The molecular weight excluding hydrogens is 172 g/mol. The van der Waals surface area contributed by atoms with Crippen molar-refractivity contribution >= 4 is 11.9 Å². The predicted molar refractivity (Wildman–Crippen MR) is 47.3 cm³/mol. The number of hydrogen-bond acceptors (Lipinski definition) is 3. The molecule has 0 heterocycles. The van der Waals surface area contributed by atoms with Crippen LogP contribution in [0.4, 0.5) is 0 Å². The van der Waals surface area contributed by atoms with Gasteiger partial charge < -0.3 is 9.84 Å². The van der Waals surface area contributed by atoms with E-state index in [9.17, 15) is 9.59 Å². The molecule has 0 aromatic carbocycles. The van der Waals surface area contributed by atoms with Gasteiger partial charge in [-0.1, -0.05) is 6.92 Å². The van der Waals surface area contributed by atoms with Gasteiger partial charge in [0.15, 0.2) is 0 Å². The largest absolute Gasteiger partial charge is 0.481 e. The summed E-state index contributed by atoms with van der Waals surface area (Å²) in [5.41, 5.74) is 0. The third-order valence-corrected chi connectivity index (χ3v) is 1.77.